The molecule has 0 aliphatic carbocycles. The molecule has 1 aromatic heterocycles. The lowest BCUT2D eigenvalue weighted by Gasteiger charge is -2.27. The van der Waals surface area contributed by atoms with Crippen molar-refractivity contribution in [1.82, 2.24) is 4.98 Å². The van der Waals surface area contributed by atoms with Gasteiger partial charge < -0.3 is 15.0 Å². The number of nitro benzene ring substituents is 1. The van der Waals surface area contributed by atoms with Gasteiger partial charge in [-0.05, 0) is 12.1 Å². The SMILES string of the molecule is O=C(Cc1ccccc1[N+](=O)[O-])Nc1ccc(N2CCOCC2)nc1. The Kier molecular flexibility index (Phi) is 5.20. The molecular weight excluding hydrogens is 324 g/mol. The number of pyridine rings is 1. The molecule has 1 N–H and O–H groups in total. The molecule has 0 bridgehead atoms. The Balaban J connectivity index is 1.62. The van der Waals surface area contributed by atoms with E-state index in [2.05, 4.69) is 15.2 Å². The molecule has 0 unspecified atom stereocenters. The van der Waals surface area contributed by atoms with E-state index in [0.717, 1.165) is 18.9 Å². The van der Waals surface area contributed by atoms with Gasteiger partial charge in [-0.1, -0.05) is 18.2 Å². The van der Waals surface area contributed by atoms with Crippen LogP contribution in [0.3, 0.4) is 0 Å². The summed E-state index contributed by atoms with van der Waals surface area (Å²) in [4.78, 5) is 29.1. The molecule has 8 heteroatoms. The minimum atomic E-state index is -0.485. The summed E-state index contributed by atoms with van der Waals surface area (Å²) in [5.74, 6) is 0.509. The van der Waals surface area contributed by atoms with Gasteiger partial charge in [0.25, 0.3) is 5.69 Å². The Morgan fingerprint density at radius 1 is 1.24 bits per heavy atom. The highest BCUT2D eigenvalue weighted by Gasteiger charge is 2.16. The first-order valence-corrected chi connectivity index (χ1v) is 7.94. The number of nitrogens with zero attached hydrogens (tertiary/aromatic N) is 3. The number of ether oxygens (including phenoxy) is 1. The summed E-state index contributed by atoms with van der Waals surface area (Å²) in [6, 6.07) is 9.84. The van der Waals surface area contributed by atoms with Crippen LogP contribution in [0.2, 0.25) is 0 Å². The summed E-state index contributed by atoms with van der Waals surface area (Å²) < 4.78 is 5.31. The van der Waals surface area contributed by atoms with Gasteiger partial charge in [-0.3, -0.25) is 14.9 Å². The summed E-state index contributed by atoms with van der Waals surface area (Å²) in [5.41, 5.74) is 0.877. The molecule has 25 heavy (non-hydrogen) atoms. The van der Waals surface area contributed by atoms with E-state index in [0.29, 0.717) is 24.5 Å². The maximum absolute atomic E-state index is 12.2. The third kappa shape index (κ3) is 4.30. The normalized spacial score (nSPS) is 14.2. The Bertz CT molecular complexity index is 757. The van der Waals surface area contributed by atoms with Gasteiger partial charge in [0.15, 0.2) is 0 Å². The van der Waals surface area contributed by atoms with Crippen LogP contribution in [0, 0.1) is 10.1 Å². The Morgan fingerprint density at radius 3 is 2.68 bits per heavy atom. The number of para-hydroxylation sites is 1. The molecule has 1 aliphatic heterocycles. The fourth-order valence-corrected chi connectivity index (χ4v) is 2.66. The summed E-state index contributed by atoms with van der Waals surface area (Å²) in [6.07, 6.45) is 1.52. The molecule has 2 aromatic rings. The van der Waals surface area contributed by atoms with Gasteiger partial charge in [-0.25, -0.2) is 4.98 Å². The van der Waals surface area contributed by atoms with Crippen LogP contribution in [-0.4, -0.2) is 42.1 Å². The molecule has 1 aliphatic rings. The number of hydrogen-bond acceptors (Lipinski definition) is 6. The van der Waals surface area contributed by atoms with Gasteiger partial charge in [0.1, 0.15) is 5.82 Å². The second-order valence-corrected chi connectivity index (χ2v) is 5.62. The summed E-state index contributed by atoms with van der Waals surface area (Å²) >= 11 is 0. The lowest BCUT2D eigenvalue weighted by Crippen LogP contribution is -2.36. The minimum Gasteiger partial charge on any atom is -0.378 e. The molecule has 2 heterocycles. The fourth-order valence-electron chi connectivity index (χ4n) is 2.66. The second kappa shape index (κ2) is 7.71. The quantitative estimate of drug-likeness (QED) is 0.659. The molecule has 1 fully saturated rings. The molecule has 0 spiro atoms. The van der Waals surface area contributed by atoms with Crippen molar-refractivity contribution in [1.29, 1.82) is 0 Å². The highest BCUT2D eigenvalue weighted by atomic mass is 16.6. The van der Waals surface area contributed by atoms with Crippen LogP contribution in [0.4, 0.5) is 17.2 Å². The van der Waals surface area contributed by atoms with E-state index in [-0.39, 0.29) is 18.0 Å². The van der Waals surface area contributed by atoms with Crippen molar-refractivity contribution < 1.29 is 14.5 Å². The number of nitrogens with one attached hydrogen (secondary N) is 1. The van der Waals surface area contributed by atoms with Crippen molar-refractivity contribution in [3.63, 3.8) is 0 Å². The standard InChI is InChI=1S/C17H18N4O4/c22-17(11-13-3-1-2-4-15(13)21(23)24)19-14-5-6-16(18-12-14)20-7-9-25-10-8-20/h1-6,12H,7-11H2,(H,19,22). The molecule has 3 rings (SSSR count). The monoisotopic (exact) mass is 342 g/mol. The van der Waals surface area contributed by atoms with Crippen LogP contribution in [0.1, 0.15) is 5.56 Å². The minimum absolute atomic E-state index is 0.0570. The van der Waals surface area contributed by atoms with Gasteiger partial charge in [-0.2, -0.15) is 0 Å². The maximum Gasteiger partial charge on any atom is 0.273 e. The van der Waals surface area contributed by atoms with Gasteiger partial charge in [-0.15, -0.1) is 0 Å². The van der Waals surface area contributed by atoms with E-state index in [1.807, 2.05) is 6.07 Å². The zero-order chi connectivity index (χ0) is 17.6. The molecule has 0 radical (unpaired) electrons. The van der Waals surface area contributed by atoms with Crippen LogP contribution in [-0.2, 0) is 16.0 Å². The number of nitro groups is 1. The predicted molar refractivity (Wildman–Crippen MR) is 92.7 cm³/mol. The molecule has 1 saturated heterocycles. The van der Waals surface area contributed by atoms with Crippen LogP contribution in [0.15, 0.2) is 42.6 Å². The highest BCUT2D eigenvalue weighted by molar-refractivity contribution is 5.92. The van der Waals surface area contributed by atoms with E-state index in [1.54, 1.807) is 30.5 Å². The van der Waals surface area contributed by atoms with E-state index >= 15 is 0 Å². The summed E-state index contributed by atoms with van der Waals surface area (Å²) in [5, 5.41) is 13.7. The fraction of sp³-hybridized carbons (Fsp3) is 0.294. The van der Waals surface area contributed by atoms with Crippen molar-refractivity contribution in [2.75, 3.05) is 36.5 Å². The number of amides is 1. The van der Waals surface area contributed by atoms with E-state index < -0.39 is 4.92 Å². The zero-order valence-corrected chi connectivity index (χ0v) is 13.6. The predicted octanol–water partition coefficient (Wildman–Crippen LogP) is 2.01. The van der Waals surface area contributed by atoms with Gasteiger partial charge in [0, 0.05) is 24.7 Å². The first-order chi connectivity index (χ1) is 12.1. The van der Waals surface area contributed by atoms with Crippen molar-refractivity contribution in [3.05, 3.63) is 58.3 Å². The Morgan fingerprint density at radius 2 is 2.00 bits per heavy atom. The van der Waals surface area contributed by atoms with Crippen LogP contribution >= 0.6 is 0 Å². The second-order valence-electron chi connectivity index (χ2n) is 5.62. The van der Waals surface area contributed by atoms with Crippen LogP contribution < -0.4 is 10.2 Å². The van der Waals surface area contributed by atoms with E-state index in [4.69, 9.17) is 4.74 Å². The van der Waals surface area contributed by atoms with Gasteiger partial charge >= 0.3 is 0 Å². The van der Waals surface area contributed by atoms with Crippen molar-refractivity contribution in [2.24, 2.45) is 0 Å². The number of anilines is 2. The smallest absolute Gasteiger partial charge is 0.273 e. The van der Waals surface area contributed by atoms with Crippen LogP contribution in [0.5, 0.6) is 0 Å². The van der Waals surface area contributed by atoms with Gasteiger partial charge in [0.2, 0.25) is 5.91 Å². The number of hydrogen-bond donors (Lipinski definition) is 1. The first kappa shape index (κ1) is 16.8. The Labute approximate surface area is 144 Å². The lowest BCUT2D eigenvalue weighted by molar-refractivity contribution is -0.385. The largest absolute Gasteiger partial charge is 0.378 e. The first-order valence-electron chi connectivity index (χ1n) is 7.94. The lowest BCUT2D eigenvalue weighted by atomic mass is 10.1. The molecule has 1 amide bonds. The average molecular weight is 342 g/mol. The molecule has 130 valence electrons. The number of aromatic nitrogens is 1. The maximum atomic E-state index is 12.2. The van der Waals surface area contributed by atoms with Crippen molar-refractivity contribution >= 4 is 23.1 Å². The third-order valence-electron chi connectivity index (χ3n) is 3.91. The summed E-state index contributed by atoms with van der Waals surface area (Å²) in [6.45, 7) is 2.93. The van der Waals surface area contributed by atoms with Crippen molar-refractivity contribution in [2.45, 2.75) is 6.42 Å². The van der Waals surface area contributed by atoms with Gasteiger partial charge in [0.05, 0.1) is 36.4 Å². The Hall–Kier alpha value is -3.00. The topological polar surface area (TPSA) is 97.6 Å². The molecule has 0 saturated carbocycles. The molecular formula is C17H18N4O4. The van der Waals surface area contributed by atoms with Crippen molar-refractivity contribution in [3.8, 4) is 0 Å². The average Bonchev–Trinajstić information content (AvgIpc) is 2.63. The molecule has 1 aromatic carbocycles. The highest BCUT2D eigenvalue weighted by Crippen LogP contribution is 2.19. The zero-order valence-electron chi connectivity index (χ0n) is 13.6. The summed E-state index contributed by atoms with van der Waals surface area (Å²) in [7, 11) is 0. The van der Waals surface area contributed by atoms with E-state index in [1.165, 1.54) is 6.07 Å². The number of rotatable bonds is 5. The third-order valence-corrected chi connectivity index (χ3v) is 3.91. The number of benzene rings is 1. The molecule has 0 atom stereocenters. The molecule has 8 nitrogen and oxygen atoms in total. The number of carbonyl (C=O) groups excluding carboxylic acids is 1. The number of carbonyl (C=O) groups is 1. The van der Waals surface area contributed by atoms with Crippen LogP contribution in [0.25, 0.3) is 0 Å². The number of morpholine rings is 1. The van der Waals surface area contributed by atoms with E-state index in [9.17, 15) is 14.9 Å².